The maximum Gasteiger partial charge on any atom is 0.201 e. The predicted octanol–water partition coefficient (Wildman–Crippen LogP) is 1.60. The first-order chi connectivity index (χ1) is 10.9. The van der Waals surface area contributed by atoms with Crippen molar-refractivity contribution in [2.75, 3.05) is 14.2 Å². The van der Waals surface area contributed by atoms with Gasteiger partial charge in [0, 0.05) is 16.7 Å². The van der Waals surface area contributed by atoms with Crippen molar-refractivity contribution in [1.29, 1.82) is 0 Å². The number of rotatable bonds is 2. The van der Waals surface area contributed by atoms with Crippen LogP contribution >= 0.6 is 0 Å². The van der Waals surface area contributed by atoms with Crippen molar-refractivity contribution in [3.05, 3.63) is 40.5 Å². The zero-order chi connectivity index (χ0) is 16.9. The summed E-state index contributed by atoms with van der Waals surface area (Å²) in [6.07, 6.45) is 0. The molecule has 0 radical (unpaired) electrons. The van der Waals surface area contributed by atoms with E-state index in [9.17, 15) is 24.9 Å². The van der Waals surface area contributed by atoms with E-state index < -0.39 is 28.8 Å². The molecule has 2 aromatic rings. The summed E-state index contributed by atoms with van der Waals surface area (Å²) in [5.74, 6) is -3.11. The Labute approximate surface area is 130 Å². The third kappa shape index (κ3) is 1.90. The summed E-state index contributed by atoms with van der Waals surface area (Å²) in [4.78, 5) is 25.2. The molecule has 0 aromatic heterocycles. The van der Waals surface area contributed by atoms with Crippen molar-refractivity contribution in [3.63, 3.8) is 0 Å². The number of aromatic hydroxyl groups is 3. The Bertz CT molecular complexity index is 867. The minimum atomic E-state index is -0.853. The topological polar surface area (TPSA) is 113 Å². The molecule has 2 aromatic carbocycles. The molecule has 1 aliphatic rings. The normalized spacial score (nSPS) is 12.6. The Morgan fingerprint density at radius 2 is 1.26 bits per heavy atom. The van der Waals surface area contributed by atoms with E-state index in [1.54, 1.807) is 0 Å². The quantitative estimate of drug-likeness (QED) is 0.615. The summed E-state index contributed by atoms with van der Waals surface area (Å²) in [6.45, 7) is 0. The van der Waals surface area contributed by atoms with E-state index in [2.05, 4.69) is 0 Å². The summed E-state index contributed by atoms with van der Waals surface area (Å²) < 4.78 is 10.2. The van der Waals surface area contributed by atoms with Crippen molar-refractivity contribution in [3.8, 4) is 28.7 Å². The number of phenols is 3. The highest BCUT2D eigenvalue weighted by Crippen LogP contribution is 2.45. The maximum absolute atomic E-state index is 12.6. The number of ether oxygens (including phenoxy) is 2. The van der Waals surface area contributed by atoms with Gasteiger partial charge < -0.3 is 24.8 Å². The molecule has 0 bridgehead atoms. The van der Waals surface area contributed by atoms with Crippen LogP contribution in [0.15, 0.2) is 18.2 Å². The molecule has 7 heteroatoms. The highest BCUT2D eigenvalue weighted by atomic mass is 16.5. The third-order valence-corrected chi connectivity index (χ3v) is 3.74. The van der Waals surface area contributed by atoms with Gasteiger partial charge in [-0.05, 0) is 18.2 Å². The third-order valence-electron chi connectivity index (χ3n) is 3.74. The van der Waals surface area contributed by atoms with Gasteiger partial charge in [0.15, 0.2) is 34.6 Å². The van der Waals surface area contributed by atoms with Gasteiger partial charge in [0.2, 0.25) is 5.75 Å². The minimum Gasteiger partial charge on any atom is -0.504 e. The summed E-state index contributed by atoms with van der Waals surface area (Å²) in [5, 5.41) is 29.1. The van der Waals surface area contributed by atoms with Crippen LogP contribution < -0.4 is 9.47 Å². The minimum absolute atomic E-state index is 0.0144. The van der Waals surface area contributed by atoms with E-state index in [0.29, 0.717) is 0 Å². The van der Waals surface area contributed by atoms with Crippen molar-refractivity contribution >= 4 is 11.6 Å². The first-order valence-electron chi connectivity index (χ1n) is 6.54. The Morgan fingerprint density at radius 1 is 0.739 bits per heavy atom. The van der Waals surface area contributed by atoms with E-state index >= 15 is 0 Å². The molecule has 0 aliphatic heterocycles. The lowest BCUT2D eigenvalue weighted by Crippen LogP contribution is -2.21. The van der Waals surface area contributed by atoms with E-state index in [0.717, 1.165) is 6.07 Å². The zero-order valence-electron chi connectivity index (χ0n) is 12.2. The van der Waals surface area contributed by atoms with Gasteiger partial charge in [0.05, 0.1) is 19.8 Å². The lowest BCUT2D eigenvalue weighted by molar-refractivity contribution is 0.0975. The fraction of sp³-hybridized carbons (Fsp3) is 0.125. The van der Waals surface area contributed by atoms with Gasteiger partial charge in [-0.3, -0.25) is 9.59 Å². The Balaban J connectivity index is 2.33. The summed E-state index contributed by atoms with van der Waals surface area (Å²) in [6, 6.07) is 3.64. The lowest BCUT2D eigenvalue weighted by Gasteiger charge is -2.21. The molecule has 0 saturated carbocycles. The second-order valence-electron chi connectivity index (χ2n) is 4.93. The molecule has 0 atom stereocenters. The molecule has 0 heterocycles. The summed E-state index contributed by atoms with van der Waals surface area (Å²) >= 11 is 0. The van der Waals surface area contributed by atoms with Gasteiger partial charge in [0.1, 0.15) is 0 Å². The van der Waals surface area contributed by atoms with Crippen molar-refractivity contribution < 1.29 is 34.4 Å². The molecule has 3 N–H and O–H groups in total. The van der Waals surface area contributed by atoms with Crippen molar-refractivity contribution in [2.24, 2.45) is 0 Å². The van der Waals surface area contributed by atoms with Gasteiger partial charge in [-0.25, -0.2) is 0 Å². The molecular weight excluding hydrogens is 304 g/mol. The predicted molar refractivity (Wildman–Crippen MR) is 77.8 cm³/mol. The molecule has 7 nitrogen and oxygen atoms in total. The van der Waals surface area contributed by atoms with E-state index in [4.69, 9.17) is 9.47 Å². The second-order valence-corrected chi connectivity index (χ2v) is 4.93. The average molecular weight is 316 g/mol. The fourth-order valence-electron chi connectivity index (χ4n) is 2.59. The molecule has 0 fully saturated rings. The van der Waals surface area contributed by atoms with Crippen LogP contribution in [-0.4, -0.2) is 41.1 Å². The molecular formula is C16H12O7. The van der Waals surface area contributed by atoms with Crippen LogP contribution in [0.5, 0.6) is 28.7 Å². The first kappa shape index (κ1) is 14.7. The van der Waals surface area contributed by atoms with Gasteiger partial charge in [-0.15, -0.1) is 0 Å². The molecule has 0 spiro atoms. The van der Waals surface area contributed by atoms with E-state index in [-0.39, 0.29) is 33.8 Å². The highest BCUT2D eigenvalue weighted by Gasteiger charge is 2.35. The van der Waals surface area contributed by atoms with E-state index in [1.165, 1.54) is 26.4 Å². The van der Waals surface area contributed by atoms with E-state index in [1.807, 2.05) is 0 Å². The van der Waals surface area contributed by atoms with Crippen molar-refractivity contribution in [2.45, 2.75) is 0 Å². The Kier molecular flexibility index (Phi) is 3.14. The Hall–Kier alpha value is -3.22. The number of fused-ring (bicyclic) bond motifs is 2. The van der Waals surface area contributed by atoms with Crippen LogP contribution in [0.3, 0.4) is 0 Å². The number of hydrogen-bond donors (Lipinski definition) is 3. The first-order valence-corrected chi connectivity index (χ1v) is 6.54. The number of carbonyl (C=O) groups is 2. The SMILES string of the molecule is COc1cc2c(cc1OC)C(=O)c1c(cc(O)c(O)c1O)C2=O. The lowest BCUT2D eigenvalue weighted by atomic mass is 9.83. The number of carbonyl (C=O) groups excluding carboxylic acids is 2. The van der Waals surface area contributed by atoms with Crippen LogP contribution in [0.1, 0.15) is 31.8 Å². The molecule has 0 saturated heterocycles. The molecule has 3 rings (SSSR count). The van der Waals surface area contributed by atoms with Gasteiger partial charge in [0.25, 0.3) is 0 Å². The van der Waals surface area contributed by atoms with Crippen LogP contribution in [0.25, 0.3) is 0 Å². The maximum atomic E-state index is 12.6. The summed E-state index contributed by atoms with van der Waals surface area (Å²) in [5.41, 5.74) is -0.474. The van der Waals surface area contributed by atoms with Crippen LogP contribution in [-0.2, 0) is 0 Å². The molecule has 118 valence electrons. The zero-order valence-corrected chi connectivity index (χ0v) is 12.2. The highest BCUT2D eigenvalue weighted by molar-refractivity contribution is 6.30. The molecule has 0 amide bonds. The average Bonchev–Trinajstić information content (AvgIpc) is 2.55. The summed E-state index contributed by atoms with van der Waals surface area (Å²) in [7, 11) is 2.78. The number of ketones is 2. The smallest absolute Gasteiger partial charge is 0.201 e. The van der Waals surface area contributed by atoms with Crippen LogP contribution in [0.2, 0.25) is 0 Å². The van der Waals surface area contributed by atoms with Crippen molar-refractivity contribution in [1.82, 2.24) is 0 Å². The number of methoxy groups -OCH3 is 2. The van der Waals surface area contributed by atoms with Crippen LogP contribution in [0, 0.1) is 0 Å². The monoisotopic (exact) mass is 316 g/mol. The van der Waals surface area contributed by atoms with Gasteiger partial charge in [-0.1, -0.05) is 0 Å². The number of benzene rings is 2. The van der Waals surface area contributed by atoms with Gasteiger partial charge in [-0.2, -0.15) is 0 Å². The number of hydrogen-bond acceptors (Lipinski definition) is 7. The molecule has 23 heavy (non-hydrogen) atoms. The van der Waals surface area contributed by atoms with Crippen LogP contribution in [0.4, 0.5) is 0 Å². The largest absolute Gasteiger partial charge is 0.504 e. The Morgan fingerprint density at radius 3 is 1.78 bits per heavy atom. The second kappa shape index (κ2) is 4.91. The standard InChI is InChI=1S/C16H12O7/c1-22-10-4-6-7(5-11(10)23-2)14(19)12-8(13(6)18)3-9(17)15(20)16(12)21/h3-5,17,20-21H,1-2H3. The fourth-order valence-corrected chi connectivity index (χ4v) is 2.59. The van der Waals surface area contributed by atoms with Gasteiger partial charge >= 0.3 is 0 Å². The molecule has 0 unspecified atom stereocenters. The molecule has 1 aliphatic carbocycles. The number of phenolic OH excluding ortho intramolecular Hbond substituents is 3.